The molecule has 2 amide bonds. The smallest absolute Gasteiger partial charge is 0.328 e. The van der Waals surface area contributed by atoms with Crippen LogP contribution in [0.25, 0.3) is 0 Å². The number of rotatable bonds is 13. The maximum absolute atomic E-state index is 13.1. The summed E-state index contributed by atoms with van der Waals surface area (Å²) in [5, 5.41) is 5.43. The van der Waals surface area contributed by atoms with E-state index in [-0.39, 0.29) is 31.8 Å². The van der Waals surface area contributed by atoms with Crippen molar-refractivity contribution >= 4 is 23.8 Å². The number of hydrogen-bond donors (Lipinski definition) is 2. The Hall–Kier alpha value is -3.68. The number of carbonyl (C=O) groups is 4. The fraction of sp³-hybridized carbons (Fsp3) is 0.407. The van der Waals surface area contributed by atoms with E-state index in [1.54, 1.807) is 0 Å². The lowest BCUT2D eigenvalue weighted by atomic mass is 9.97. The van der Waals surface area contributed by atoms with Crippen molar-refractivity contribution in [2.75, 3.05) is 7.11 Å². The van der Waals surface area contributed by atoms with Crippen molar-refractivity contribution in [3.63, 3.8) is 0 Å². The molecule has 35 heavy (non-hydrogen) atoms. The average Bonchev–Trinajstić information content (AvgIpc) is 2.89. The molecule has 2 aromatic rings. The van der Waals surface area contributed by atoms with Crippen LogP contribution in [0.1, 0.15) is 44.2 Å². The van der Waals surface area contributed by atoms with Crippen LogP contribution in [0.5, 0.6) is 0 Å². The molecule has 0 heterocycles. The molecule has 0 aliphatic heterocycles. The van der Waals surface area contributed by atoms with Crippen LogP contribution >= 0.6 is 0 Å². The van der Waals surface area contributed by atoms with Crippen LogP contribution in [0, 0.1) is 5.92 Å². The molecule has 8 heteroatoms. The zero-order valence-corrected chi connectivity index (χ0v) is 20.5. The Morgan fingerprint density at radius 2 is 1.46 bits per heavy atom. The summed E-state index contributed by atoms with van der Waals surface area (Å²) in [5.74, 6) is -2.19. The van der Waals surface area contributed by atoms with E-state index in [0.29, 0.717) is 6.42 Å². The number of hydrogen-bond acceptors (Lipinski definition) is 6. The first kappa shape index (κ1) is 27.6. The van der Waals surface area contributed by atoms with Gasteiger partial charge in [-0.05, 0) is 17.0 Å². The van der Waals surface area contributed by atoms with Crippen LogP contribution in [0.15, 0.2) is 60.7 Å². The second kappa shape index (κ2) is 14.6. The highest BCUT2D eigenvalue weighted by Crippen LogP contribution is 2.11. The topological polar surface area (TPSA) is 111 Å². The quantitative estimate of drug-likeness (QED) is 0.425. The third kappa shape index (κ3) is 9.60. The van der Waals surface area contributed by atoms with Gasteiger partial charge in [0.2, 0.25) is 11.8 Å². The van der Waals surface area contributed by atoms with Crippen molar-refractivity contribution in [2.24, 2.45) is 5.92 Å². The van der Waals surface area contributed by atoms with Gasteiger partial charge in [0.1, 0.15) is 18.7 Å². The van der Waals surface area contributed by atoms with Gasteiger partial charge in [-0.3, -0.25) is 14.4 Å². The molecule has 3 atom stereocenters. The van der Waals surface area contributed by atoms with Gasteiger partial charge in [-0.15, -0.1) is 0 Å². The number of methoxy groups -OCH3 is 1. The fourth-order valence-corrected chi connectivity index (χ4v) is 3.42. The van der Waals surface area contributed by atoms with Gasteiger partial charge in [0.05, 0.1) is 13.5 Å². The normalized spacial score (nSPS) is 13.1. The molecule has 8 nitrogen and oxygen atoms in total. The molecule has 0 saturated heterocycles. The monoisotopic (exact) mass is 482 g/mol. The molecule has 0 radical (unpaired) electrons. The van der Waals surface area contributed by atoms with Crippen molar-refractivity contribution in [1.29, 1.82) is 0 Å². The minimum Gasteiger partial charge on any atom is -0.467 e. The van der Waals surface area contributed by atoms with Crippen molar-refractivity contribution in [3.8, 4) is 0 Å². The molecule has 0 saturated carbocycles. The number of benzene rings is 2. The first-order chi connectivity index (χ1) is 16.8. The molecule has 0 bridgehead atoms. The van der Waals surface area contributed by atoms with Gasteiger partial charge in [-0.1, -0.05) is 80.9 Å². The van der Waals surface area contributed by atoms with Gasteiger partial charge in [-0.2, -0.15) is 0 Å². The molecular weight excluding hydrogens is 448 g/mol. The van der Waals surface area contributed by atoms with E-state index in [0.717, 1.165) is 11.1 Å². The van der Waals surface area contributed by atoms with Crippen LogP contribution in [0.2, 0.25) is 0 Å². The maximum Gasteiger partial charge on any atom is 0.328 e. The molecule has 3 unspecified atom stereocenters. The maximum atomic E-state index is 13.1. The van der Waals surface area contributed by atoms with Crippen LogP contribution in [0.4, 0.5) is 0 Å². The van der Waals surface area contributed by atoms with E-state index < -0.39 is 35.8 Å². The van der Waals surface area contributed by atoms with Gasteiger partial charge >= 0.3 is 11.9 Å². The first-order valence-electron chi connectivity index (χ1n) is 11.7. The van der Waals surface area contributed by atoms with E-state index in [1.807, 2.05) is 74.5 Å². The third-order valence-electron chi connectivity index (χ3n) is 5.70. The van der Waals surface area contributed by atoms with E-state index in [2.05, 4.69) is 10.6 Å². The Balaban J connectivity index is 1.93. The Morgan fingerprint density at radius 1 is 0.857 bits per heavy atom. The van der Waals surface area contributed by atoms with Gasteiger partial charge < -0.3 is 20.1 Å². The summed E-state index contributed by atoms with van der Waals surface area (Å²) in [6.45, 7) is 3.87. The zero-order valence-electron chi connectivity index (χ0n) is 20.5. The summed E-state index contributed by atoms with van der Waals surface area (Å²) in [6, 6.07) is 16.8. The molecule has 2 rings (SSSR count). The molecule has 0 aromatic heterocycles. The lowest BCUT2D eigenvalue weighted by Gasteiger charge is -2.26. The molecular formula is C27H34N2O6. The standard InChI is InChI=1S/C27H34N2O6/c1-4-19(2)25(26(32)28-22(27(33)34-3)17-20-11-7-5-8-12-20)29-23(30)15-16-24(31)35-18-21-13-9-6-10-14-21/h5-14,19,22,25H,4,15-18H2,1-3H3,(H,28,32)(H,29,30). The van der Waals surface area contributed by atoms with E-state index >= 15 is 0 Å². The molecule has 0 aliphatic rings. The highest BCUT2D eigenvalue weighted by Gasteiger charge is 2.30. The fourth-order valence-electron chi connectivity index (χ4n) is 3.42. The predicted octanol–water partition coefficient (Wildman–Crippen LogP) is 2.94. The van der Waals surface area contributed by atoms with Crippen LogP contribution in [-0.4, -0.2) is 42.9 Å². The third-order valence-corrected chi connectivity index (χ3v) is 5.70. The summed E-state index contributed by atoms with van der Waals surface area (Å²) < 4.78 is 10.1. The minimum atomic E-state index is -0.897. The number of nitrogens with one attached hydrogen (secondary N) is 2. The first-order valence-corrected chi connectivity index (χ1v) is 11.7. The highest BCUT2D eigenvalue weighted by atomic mass is 16.5. The largest absolute Gasteiger partial charge is 0.467 e. The van der Waals surface area contributed by atoms with E-state index in [4.69, 9.17) is 9.47 Å². The molecule has 188 valence electrons. The van der Waals surface area contributed by atoms with Gasteiger partial charge in [0, 0.05) is 12.8 Å². The second-order valence-corrected chi connectivity index (χ2v) is 8.35. The Labute approximate surface area is 206 Å². The molecule has 0 aliphatic carbocycles. The van der Waals surface area contributed by atoms with Crippen molar-refractivity contribution < 1.29 is 28.7 Å². The Kier molecular flexibility index (Phi) is 11.5. The number of amides is 2. The SMILES string of the molecule is CCC(C)C(NC(=O)CCC(=O)OCc1ccccc1)C(=O)NC(Cc1ccccc1)C(=O)OC. The van der Waals surface area contributed by atoms with E-state index in [1.165, 1.54) is 7.11 Å². The summed E-state index contributed by atoms with van der Waals surface area (Å²) in [5.41, 5.74) is 1.72. The predicted molar refractivity (Wildman–Crippen MR) is 131 cm³/mol. The number of esters is 2. The Bertz CT molecular complexity index is 964. The number of ether oxygens (including phenoxy) is 2. The molecule has 2 N–H and O–H groups in total. The average molecular weight is 483 g/mol. The van der Waals surface area contributed by atoms with Crippen LogP contribution in [-0.2, 0) is 41.7 Å². The van der Waals surface area contributed by atoms with E-state index in [9.17, 15) is 19.2 Å². The van der Waals surface area contributed by atoms with Gasteiger partial charge in [0.25, 0.3) is 0 Å². The molecule has 0 spiro atoms. The lowest BCUT2D eigenvalue weighted by Crippen LogP contribution is -2.54. The number of carbonyl (C=O) groups excluding carboxylic acids is 4. The van der Waals surface area contributed by atoms with Crippen molar-refractivity contribution in [1.82, 2.24) is 10.6 Å². The summed E-state index contributed by atoms with van der Waals surface area (Å²) in [6.07, 6.45) is 0.664. The molecule has 0 fully saturated rings. The summed E-state index contributed by atoms with van der Waals surface area (Å²) >= 11 is 0. The Morgan fingerprint density at radius 3 is 2.03 bits per heavy atom. The lowest BCUT2D eigenvalue weighted by molar-refractivity contribution is -0.147. The van der Waals surface area contributed by atoms with Crippen molar-refractivity contribution in [3.05, 3.63) is 71.8 Å². The second-order valence-electron chi connectivity index (χ2n) is 8.35. The van der Waals surface area contributed by atoms with Crippen molar-refractivity contribution in [2.45, 2.75) is 58.2 Å². The zero-order chi connectivity index (χ0) is 25.6. The highest BCUT2D eigenvalue weighted by molar-refractivity contribution is 5.91. The molecule has 2 aromatic carbocycles. The summed E-state index contributed by atoms with van der Waals surface area (Å²) in [4.78, 5) is 49.9. The van der Waals surface area contributed by atoms with Gasteiger partial charge in [-0.25, -0.2) is 4.79 Å². The van der Waals surface area contributed by atoms with Crippen LogP contribution in [0.3, 0.4) is 0 Å². The van der Waals surface area contributed by atoms with Gasteiger partial charge in [0.15, 0.2) is 0 Å². The minimum absolute atomic E-state index is 0.105. The van der Waals surface area contributed by atoms with Crippen LogP contribution < -0.4 is 10.6 Å². The summed E-state index contributed by atoms with van der Waals surface area (Å²) in [7, 11) is 1.26.